The number of carbonyl (C=O) groups is 1. The second-order valence-corrected chi connectivity index (χ2v) is 5.51. The first-order valence-electron chi connectivity index (χ1n) is 5.59. The van der Waals surface area contributed by atoms with Crippen molar-refractivity contribution in [3.05, 3.63) is 35.9 Å². The van der Waals surface area contributed by atoms with Crippen LogP contribution in [0.5, 0.6) is 0 Å². The quantitative estimate of drug-likeness (QED) is 0.792. The Morgan fingerprint density at radius 2 is 1.75 bits per heavy atom. The van der Waals surface area contributed by atoms with Crippen LogP contribution >= 0.6 is 0 Å². The van der Waals surface area contributed by atoms with Crippen LogP contribution in [-0.4, -0.2) is 11.4 Å². The predicted molar refractivity (Wildman–Crippen MR) is 65.1 cm³/mol. The van der Waals surface area contributed by atoms with Crippen molar-refractivity contribution < 1.29 is 9.90 Å². The number of benzene rings is 1. The van der Waals surface area contributed by atoms with Gasteiger partial charge in [0.25, 0.3) is 0 Å². The Bertz CT molecular complexity index is 338. The van der Waals surface area contributed by atoms with Crippen LogP contribution in [0.25, 0.3) is 0 Å². The summed E-state index contributed by atoms with van der Waals surface area (Å²) >= 11 is 0. The zero-order valence-corrected chi connectivity index (χ0v) is 10.2. The summed E-state index contributed by atoms with van der Waals surface area (Å²) < 4.78 is 0. The molecule has 0 amide bonds. The van der Waals surface area contributed by atoms with Gasteiger partial charge >= 0.3 is 0 Å². The van der Waals surface area contributed by atoms with Gasteiger partial charge in [-0.1, -0.05) is 51.1 Å². The molecule has 16 heavy (non-hydrogen) atoms. The van der Waals surface area contributed by atoms with Crippen LogP contribution in [-0.2, 0) is 10.4 Å². The molecule has 0 unspecified atom stereocenters. The van der Waals surface area contributed by atoms with E-state index < -0.39 is 5.60 Å². The van der Waals surface area contributed by atoms with E-state index >= 15 is 0 Å². The van der Waals surface area contributed by atoms with E-state index in [4.69, 9.17) is 0 Å². The molecule has 0 radical (unpaired) electrons. The molecule has 0 bridgehead atoms. The fraction of sp³-hybridized carbons (Fsp3) is 0.500. The maximum Gasteiger partial charge on any atom is 0.123 e. The van der Waals surface area contributed by atoms with Crippen LogP contribution in [0.3, 0.4) is 0 Å². The molecule has 0 aliphatic heterocycles. The van der Waals surface area contributed by atoms with Crippen molar-refractivity contribution in [2.75, 3.05) is 0 Å². The third-order valence-electron chi connectivity index (χ3n) is 2.55. The molecule has 0 heterocycles. The molecule has 0 spiro atoms. The van der Waals surface area contributed by atoms with Crippen molar-refractivity contribution in [3.8, 4) is 0 Å². The lowest BCUT2D eigenvalue weighted by Gasteiger charge is -2.33. The molecule has 0 aliphatic carbocycles. The molecule has 0 saturated heterocycles. The second kappa shape index (κ2) is 4.79. The molecule has 0 aromatic heterocycles. The molecule has 0 saturated carbocycles. The van der Waals surface area contributed by atoms with Gasteiger partial charge in [0.15, 0.2) is 0 Å². The van der Waals surface area contributed by atoms with E-state index in [9.17, 15) is 9.90 Å². The van der Waals surface area contributed by atoms with Gasteiger partial charge in [0, 0.05) is 6.42 Å². The Labute approximate surface area is 97.3 Å². The van der Waals surface area contributed by atoms with Crippen LogP contribution in [0.4, 0.5) is 0 Å². The van der Waals surface area contributed by atoms with E-state index in [1.54, 1.807) is 0 Å². The Hall–Kier alpha value is -1.15. The molecule has 1 aromatic rings. The van der Waals surface area contributed by atoms with Crippen molar-refractivity contribution in [2.45, 2.75) is 39.2 Å². The largest absolute Gasteiger partial charge is 0.385 e. The summed E-state index contributed by atoms with van der Waals surface area (Å²) in [7, 11) is 0. The summed E-state index contributed by atoms with van der Waals surface area (Å²) in [5.41, 5.74) is -0.244. The van der Waals surface area contributed by atoms with E-state index in [1.807, 2.05) is 30.3 Å². The van der Waals surface area contributed by atoms with Gasteiger partial charge in [-0.3, -0.25) is 0 Å². The van der Waals surface area contributed by atoms with Gasteiger partial charge in [-0.15, -0.1) is 0 Å². The first kappa shape index (κ1) is 12.9. The van der Waals surface area contributed by atoms with Crippen LogP contribution in [0.15, 0.2) is 30.3 Å². The Morgan fingerprint density at radius 1 is 1.19 bits per heavy atom. The maximum absolute atomic E-state index is 10.7. The highest BCUT2D eigenvalue weighted by Gasteiger charge is 2.33. The first-order valence-corrected chi connectivity index (χ1v) is 5.59. The summed E-state index contributed by atoms with van der Waals surface area (Å²) in [5, 5.41) is 10.6. The van der Waals surface area contributed by atoms with Crippen LogP contribution in [0.1, 0.15) is 39.2 Å². The second-order valence-electron chi connectivity index (χ2n) is 5.51. The number of hydrogen-bond donors (Lipinski definition) is 1. The number of hydrogen-bond acceptors (Lipinski definition) is 2. The minimum Gasteiger partial charge on any atom is -0.385 e. The van der Waals surface area contributed by atoms with Crippen molar-refractivity contribution in [2.24, 2.45) is 5.41 Å². The molecule has 0 fully saturated rings. The molecule has 1 N–H and O–H groups in total. The summed E-state index contributed by atoms with van der Waals surface area (Å²) in [5.74, 6) is 0. The fourth-order valence-corrected chi connectivity index (χ4v) is 2.06. The molecule has 2 nitrogen and oxygen atoms in total. The minimum atomic E-state index is -1.04. The van der Waals surface area contributed by atoms with Crippen molar-refractivity contribution >= 4 is 6.29 Å². The molecule has 1 atom stereocenters. The smallest absolute Gasteiger partial charge is 0.123 e. The number of carbonyl (C=O) groups excluding carboxylic acids is 1. The van der Waals surface area contributed by atoms with Crippen LogP contribution < -0.4 is 0 Å². The minimum absolute atomic E-state index is 0.0202. The van der Waals surface area contributed by atoms with E-state index in [0.717, 1.165) is 11.8 Å². The molecule has 2 heteroatoms. The number of rotatable bonds is 4. The van der Waals surface area contributed by atoms with Crippen molar-refractivity contribution in [1.29, 1.82) is 0 Å². The van der Waals surface area contributed by atoms with Gasteiger partial charge < -0.3 is 9.90 Å². The van der Waals surface area contributed by atoms with E-state index in [1.165, 1.54) is 0 Å². The third-order valence-corrected chi connectivity index (χ3v) is 2.55. The van der Waals surface area contributed by atoms with Crippen molar-refractivity contribution in [1.82, 2.24) is 0 Å². The summed E-state index contributed by atoms with van der Waals surface area (Å²) in [6.45, 7) is 6.18. The van der Waals surface area contributed by atoms with E-state index in [-0.39, 0.29) is 11.8 Å². The Balaban J connectivity index is 3.02. The molecule has 1 aromatic carbocycles. The van der Waals surface area contributed by atoms with Gasteiger partial charge in [0.05, 0.1) is 5.60 Å². The monoisotopic (exact) mass is 220 g/mol. The van der Waals surface area contributed by atoms with Gasteiger partial charge in [-0.25, -0.2) is 0 Å². The molecular weight excluding hydrogens is 200 g/mol. The summed E-state index contributed by atoms with van der Waals surface area (Å²) in [6.07, 6.45) is 1.51. The zero-order valence-electron chi connectivity index (χ0n) is 10.2. The standard InChI is InChI=1S/C14H20O2/c1-13(2,3)11-14(16,9-10-15)12-7-5-4-6-8-12/h4-8,10,16H,9,11H2,1-3H3/t14-/m1/s1. The highest BCUT2D eigenvalue weighted by atomic mass is 16.3. The zero-order chi connectivity index (χ0) is 12.2. The third kappa shape index (κ3) is 3.46. The number of aliphatic hydroxyl groups is 1. The highest BCUT2D eigenvalue weighted by molar-refractivity contribution is 5.52. The lowest BCUT2D eigenvalue weighted by atomic mass is 9.77. The Kier molecular flexibility index (Phi) is 3.87. The lowest BCUT2D eigenvalue weighted by molar-refractivity contribution is -0.114. The van der Waals surface area contributed by atoms with Gasteiger partial charge in [0.1, 0.15) is 6.29 Å². The van der Waals surface area contributed by atoms with Crippen molar-refractivity contribution in [3.63, 3.8) is 0 Å². The first-order chi connectivity index (χ1) is 7.37. The van der Waals surface area contributed by atoms with Gasteiger partial charge in [-0.2, -0.15) is 0 Å². The average Bonchev–Trinajstić information content (AvgIpc) is 2.16. The Morgan fingerprint density at radius 3 is 2.19 bits per heavy atom. The lowest BCUT2D eigenvalue weighted by Crippen LogP contribution is -2.31. The van der Waals surface area contributed by atoms with Gasteiger partial charge in [-0.05, 0) is 17.4 Å². The van der Waals surface area contributed by atoms with E-state index in [0.29, 0.717) is 6.42 Å². The SMILES string of the molecule is CC(C)(C)C[C@](O)(CC=O)c1ccccc1. The topological polar surface area (TPSA) is 37.3 Å². The predicted octanol–water partition coefficient (Wildman–Crippen LogP) is 2.90. The van der Waals surface area contributed by atoms with Crippen LogP contribution in [0, 0.1) is 5.41 Å². The molecule has 0 aliphatic rings. The summed E-state index contributed by atoms with van der Waals surface area (Å²) in [6, 6.07) is 9.41. The normalized spacial score (nSPS) is 15.5. The maximum atomic E-state index is 10.7. The van der Waals surface area contributed by atoms with E-state index in [2.05, 4.69) is 20.8 Å². The molecule has 88 valence electrons. The van der Waals surface area contributed by atoms with Crippen LogP contribution in [0.2, 0.25) is 0 Å². The van der Waals surface area contributed by atoms with Gasteiger partial charge in [0.2, 0.25) is 0 Å². The molecular formula is C14H20O2. The summed E-state index contributed by atoms with van der Waals surface area (Å²) in [4.78, 5) is 10.7. The highest BCUT2D eigenvalue weighted by Crippen LogP contribution is 2.36. The molecule has 1 rings (SSSR count). The number of aldehydes is 1. The average molecular weight is 220 g/mol. The fourth-order valence-electron chi connectivity index (χ4n) is 2.06.